The SMILES string of the molecule is CCN(c1ccc(Br)cc1)S(=O)(=O)c1cc([N+](=O)[O-])ccc1C. The fourth-order valence-electron chi connectivity index (χ4n) is 2.20. The molecule has 0 aliphatic heterocycles. The summed E-state index contributed by atoms with van der Waals surface area (Å²) >= 11 is 3.31. The van der Waals surface area contributed by atoms with Crippen molar-refractivity contribution in [1.29, 1.82) is 0 Å². The quantitative estimate of drug-likeness (QED) is 0.565. The lowest BCUT2D eigenvalue weighted by molar-refractivity contribution is -0.385. The molecule has 23 heavy (non-hydrogen) atoms. The van der Waals surface area contributed by atoms with Crippen LogP contribution in [-0.4, -0.2) is 19.9 Å². The molecule has 0 amide bonds. The maximum atomic E-state index is 12.9. The van der Waals surface area contributed by atoms with Gasteiger partial charge in [0.2, 0.25) is 0 Å². The molecule has 0 unspecified atom stereocenters. The van der Waals surface area contributed by atoms with Gasteiger partial charge in [0, 0.05) is 23.2 Å². The van der Waals surface area contributed by atoms with E-state index in [0.717, 1.165) is 10.5 Å². The van der Waals surface area contributed by atoms with Gasteiger partial charge >= 0.3 is 0 Å². The number of anilines is 1. The summed E-state index contributed by atoms with van der Waals surface area (Å²) in [6.07, 6.45) is 0. The molecular formula is C15H15BrN2O4S. The Labute approximate surface area is 143 Å². The third-order valence-corrected chi connectivity index (χ3v) is 5.93. The molecule has 0 atom stereocenters. The summed E-state index contributed by atoms with van der Waals surface area (Å²) in [5.41, 5.74) is 0.716. The monoisotopic (exact) mass is 398 g/mol. The summed E-state index contributed by atoms with van der Waals surface area (Å²) < 4.78 is 27.9. The summed E-state index contributed by atoms with van der Waals surface area (Å²) in [4.78, 5) is 10.3. The van der Waals surface area contributed by atoms with Gasteiger partial charge in [-0.3, -0.25) is 14.4 Å². The van der Waals surface area contributed by atoms with Crippen LogP contribution in [0.1, 0.15) is 12.5 Å². The molecule has 0 aromatic heterocycles. The van der Waals surface area contributed by atoms with Crippen molar-refractivity contribution in [2.75, 3.05) is 10.8 Å². The van der Waals surface area contributed by atoms with Crippen LogP contribution in [0.5, 0.6) is 0 Å². The zero-order valence-electron chi connectivity index (χ0n) is 12.6. The van der Waals surface area contributed by atoms with E-state index in [2.05, 4.69) is 15.9 Å². The van der Waals surface area contributed by atoms with Crippen molar-refractivity contribution in [2.45, 2.75) is 18.7 Å². The van der Waals surface area contributed by atoms with E-state index >= 15 is 0 Å². The molecule has 0 radical (unpaired) electrons. The molecule has 2 aromatic rings. The lowest BCUT2D eigenvalue weighted by Crippen LogP contribution is -2.31. The largest absolute Gasteiger partial charge is 0.270 e. The Morgan fingerprint density at radius 1 is 1.17 bits per heavy atom. The van der Waals surface area contributed by atoms with E-state index in [-0.39, 0.29) is 17.1 Å². The summed E-state index contributed by atoms with van der Waals surface area (Å²) in [7, 11) is -3.89. The Morgan fingerprint density at radius 3 is 2.30 bits per heavy atom. The molecule has 0 saturated heterocycles. The Balaban J connectivity index is 2.57. The number of nitro benzene ring substituents is 1. The Bertz CT molecular complexity index is 835. The maximum absolute atomic E-state index is 12.9. The molecule has 8 heteroatoms. The molecule has 122 valence electrons. The third kappa shape index (κ3) is 3.53. The van der Waals surface area contributed by atoms with Crippen LogP contribution >= 0.6 is 15.9 Å². The first-order valence-corrected chi connectivity index (χ1v) is 9.04. The number of nitro groups is 1. The number of non-ortho nitro benzene ring substituents is 1. The van der Waals surface area contributed by atoms with Gasteiger partial charge in [-0.1, -0.05) is 22.0 Å². The average molecular weight is 399 g/mol. The van der Waals surface area contributed by atoms with Gasteiger partial charge < -0.3 is 0 Å². The molecule has 0 saturated carbocycles. The number of aryl methyl sites for hydroxylation is 1. The summed E-state index contributed by atoms with van der Waals surface area (Å²) in [5.74, 6) is 0. The molecule has 0 aliphatic rings. The standard InChI is InChI=1S/C15H15BrN2O4S/c1-3-17(13-8-5-12(16)6-9-13)23(21,22)15-10-14(18(19)20)7-4-11(15)2/h4-10H,3H2,1-2H3. The van der Waals surface area contributed by atoms with Crippen molar-refractivity contribution in [1.82, 2.24) is 0 Å². The van der Waals surface area contributed by atoms with Crippen molar-refractivity contribution < 1.29 is 13.3 Å². The van der Waals surface area contributed by atoms with E-state index < -0.39 is 14.9 Å². The molecule has 0 bridgehead atoms. The van der Waals surface area contributed by atoms with Gasteiger partial charge in [-0.25, -0.2) is 8.42 Å². The first kappa shape index (κ1) is 17.4. The van der Waals surface area contributed by atoms with Crippen LogP contribution in [0.2, 0.25) is 0 Å². The fraction of sp³-hybridized carbons (Fsp3) is 0.200. The van der Waals surface area contributed by atoms with E-state index in [1.54, 1.807) is 38.1 Å². The van der Waals surface area contributed by atoms with Crippen molar-refractivity contribution in [2.24, 2.45) is 0 Å². The molecule has 0 aliphatic carbocycles. The highest BCUT2D eigenvalue weighted by Crippen LogP contribution is 2.29. The van der Waals surface area contributed by atoms with Gasteiger partial charge in [0.05, 0.1) is 15.5 Å². The van der Waals surface area contributed by atoms with Crippen LogP contribution in [0.15, 0.2) is 51.8 Å². The normalized spacial score (nSPS) is 11.3. The minimum Gasteiger partial charge on any atom is -0.267 e. The molecule has 0 spiro atoms. The molecule has 0 fully saturated rings. The zero-order valence-corrected chi connectivity index (χ0v) is 15.0. The number of rotatable bonds is 5. The molecule has 0 heterocycles. The summed E-state index contributed by atoms with van der Waals surface area (Å²) in [6, 6.07) is 10.7. The topological polar surface area (TPSA) is 80.5 Å². The lowest BCUT2D eigenvalue weighted by Gasteiger charge is -2.23. The van der Waals surface area contributed by atoms with Gasteiger partial charge in [0.15, 0.2) is 0 Å². The van der Waals surface area contributed by atoms with E-state index in [0.29, 0.717) is 11.3 Å². The van der Waals surface area contributed by atoms with Gasteiger partial charge in [-0.05, 0) is 43.7 Å². The van der Waals surface area contributed by atoms with Crippen molar-refractivity contribution >= 4 is 37.3 Å². The highest BCUT2D eigenvalue weighted by atomic mass is 79.9. The highest BCUT2D eigenvalue weighted by Gasteiger charge is 2.27. The van der Waals surface area contributed by atoms with Crippen LogP contribution in [-0.2, 0) is 10.0 Å². The lowest BCUT2D eigenvalue weighted by atomic mass is 10.2. The predicted molar refractivity (Wildman–Crippen MR) is 92.2 cm³/mol. The Kier molecular flexibility index (Phi) is 5.06. The fourth-order valence-corrected chi connectivity index (χ4v) is 4.18. The average Bonchev–Trinajstić information content (AvgIpc) is 2.49. The van der Waals surface area contributed by atoms with Gasteiger partial charge in [-0.2, -0.15) is 0 Å². The number of hydrogen-bond donors (Lipinski definition) is 0. The van der Waals surface area contributed by atoms with E-state index in [1.165, 1.54) is 16.4 Å². The third-order valence-electron chi connectivity index (χ3n) is 3.35. The Morgan fingerprint density at radius 2 is 1.78 bits per heavy atom. The number of sulfonamides is 1. The zero-order chi connectivity index (χ0) is 17.2. The van der Waals surface area contributed by atoms with E-state index in [1.807, 2.05) is 0 Å². The second-order valence-electron chi connectivity index (χ2n) is 4.85. The van der Waals surface area contributed by atoms with E-state index in [4.69, 9.17) is 0 Å². The van der Waals surface area contributed by atoms with Crippen molar-refractivity contribution in [3.63, 3.8) is 0 Å². The highest BCUT2D eigenvalue weighted by molar-refractivity contribution is 9.10. The van der Waals surface area contributed by atoms with Crippen molar-refractivity contribution in [3.05, 3.63) is 62.6 Å². The molecule has 2 aromatic carbocycles. The second-order valence-corrected chi connectivity index (χ2v) is 7.60. The first-order chi connectivity index (χ1) is 10.8. The molecule has 0 N–H and O–H groups in total. The van der Waals surface area contributed by atoms with Crippen LogP contribution in [0, 0.1) is 17.0 Å². The smallest absolute Gasteiger partial charge is 0.267 e. The minimum absolute atomic E-state index is 0.0588. The maximum Gasteiger partial charge on any atom is 0.270 e. The van der Waals surface area contributed by atoms with Crippen molar-refractivity contribution in [3.8, 4) is 0 Å². The molecular weight excluding hydrogens is 384 g/mol. The van der Waals surface area contributed by atoms with Gasteiger partial charge in [0.1, 0.15) is 0 Å². The summed E-state index contributed by atoms with van der Waals surface area (Å²) in [6.45, 7) is 3.55. The van der Waals surface area contributed by atoms with Gasteiger partial charge in [0.25, 0.3) is 15.7 Å². The van der Waals surface area contributed by atoms with E-state index in [9.17, 15) is 18.5 Å². The number of nitrogens with zero attached hydrogens (tertiary/aromatic N) is 2. The van der Waals surface area contributed by atoms with Crippen LogP contribution in [0.25, 0.3) is 0 Å². The van der Waals surface area contributed by atoms with Gasteiger partial charge in [-0.15, -0.1) is 0 Å². The first-order valence-electron chi connectivity index (χ1n) is 6.80. The Hall–Kier alpha value is -1.93. The van der Waals surface area contributed by atoms with Crippen LogP contribution in [0.3, 0.4) is 0 Å². The number of halogens is 1. The second kappa shape index (κ2) is 6.67. The number of benzene rings is 2. The molecule has 6 nitrogen and oxygen atoms in total. The van der Waals surface area contributed by atoms with Crippen LogP contribution in [0.4, 0.5) is 11.4 Å². The summed E-state index contributed by atoms with van der Waals surface area (Å²) in [5, 5.41) is 10.9. The van der Waals surface area contributed by atoms with Crippen LogP contribution < -0.4 is 4.31 Å². The number of hydrogen-bond acceptors (Lipinski definition) is 4. The molecule has 2 rings (SSSR count). The minimum atomic E-state index is -3.89. The predicted octanol–water partition coefficient (Wildman–Crippen LogP) is 3.88.